The molecule has 1 fully saturated rings. The second kappa shape index (κ2) is 10.4. The van der Waals surface area contributed by atoms with Crippen LogP contribution in [0.2, 0.25) is 5.02 Å². The summed E-state index contributed by atoms with van der Waals surface area (Å²) in [6.07, 6.45) is 1.85. The number of carbonyl (C=O) groups excluding carboxylic acids is 1. The highest BCUT2D eigenvalue weighted by Crippen LogP contribution is 2.27. The number of hydrogen-bond donors (Lipinski definition) is 0. The van der Waals surface area contributed by atoms with E-state index >= 15 is 0 Å². The number of rotatable bonds is 7. The zero-order valence-electron chi connectivity index (χ0n) is 18.6. The molecular weight excluding hydrogens is 500 g/mol. The molecule has 0 spiro atoms. The maximum absolute atomic E-state index is 13.3. The third kappa shape index (κ3) is 5.28. The Hall–Kier alpha value is -2.44. The van der Waals surface area contributed by atoms with E-state index in [1.807, 2.05) is 6.26 Å². The first kappa shape index (κ1) is 24.7. The maximum atomic E-state index is 13.3. The molecule has 2 heterocycles. The zero-order chi connectivity index (χ0) is 24.3. The predicted molar refractivity (Wildman–Crippen MR) is 128 cm³/mol. The van der Waals surface area contributed by atoms with Crippen LogP contribution < -0.4 is 0 Å². The van der Waals surface area contributed by atoms with Gasteiger partial charge < -0.3 is 14.2 Å². The molecule has 34 heavy (non-hydrogen) atoms. The van der Waals surface area contributed by atoms with E-state index in [4.69, 9.17) is 20.9 Å². The van der Waals surface area contributed by atoms with Gasteiger partial charge in [0.2, 0.25) is 21.7 Å². The Kier molecular flexibility index (Phi) is 7.58. The van der Waals surface area contributed by atoms with Gasteiger partial charge in [0.1, 0.15) is 0 Å². The van der Waals surface area contributed by atoms with Gasteiger partial charge in [-0.15, -0.1) is 11.8 Å². The van der Waals surface area contributed by atoms with Gasteiger partial charge >= 0.3 is 0 Å². The predicted octanol–water partition coefficient (Wildman–Crippen LogP) is 3.41. The summed E-state index contributed by atoms with van der Waals surface area (Å²) in [5, 5.41) is 4.45. The summed E-state index contributed by atoms with van der Waals surface area (Å²) >= 11 is 7.40. The first-order chi connectivity index (χ1) is 16.3. The first-order valence-electron chi connectivity index (χ1n) is 10.4. The summed E-state index contributed by atoms with van der Waals surface area (Å²) in [6.45, 7) is 1.73. The third-order valence-corrected chi connectivity index (χ3v) is 8.15. The van der Waals surface area contributed by atoms with Crippen molar-refractivity contribution in [3.8, 4) is 11.4 Å². The normalized spacial score (nSPS) is 14.5. The van der Waals surface area contributed by atoms with Gasteiger partial charge in [0, 0.05) is 35.6 Å². The quantitative estimate of drug-likeness (QED) is 0.435. The smallest absolute Gasteiger partial charge is 0.255 e. The summed E-state index contributed by atoms with van der Waals surface area (Å²) in [7, 11) is -2.51. The fourth-order valence-corrected chi connectivity index (χ4v) is 5.38. The van der Waals surface area contributed by atoms with Gasteiger partial charge in [-0.25, -0.2) is 8.42 Å². The fourth-order valence-electron chi connectivity index (χ4n) is 3.47. The van der Waals surface area contributed by atoms with Gasteiger partial charge in [-0.2, -0.15) is 9.29 Å². The standard InChI is InChI=1S/C22H23ClN4O5S2/c1-26(14-20-24-21(25-32-20)15-4-3-5-16(23)12-15)34(29,30)17-6-7-19(33-2)18(13-17)22(28)27-8-10-31-11-9-27/h3-7,12-13H,8-11,14H2,1-2H3. The number of sulfonamides is 1. The van der Waals surface area contributed by atoms with Crippen LogP contribution in [0.5, 0.6) is 0 Å². The molecule has 1 amide bonds. The van der Waals surface area contributed by atoms with Crippen LogP contribution in [-0.4, -0.2) is 73.3 Å². The van der Waals surface area contributed by atoms with Crippen molar-refractivity contribution in [2.24, 2.45) is 0 Å². The molecule has 12 heteroatoms. The second-order valence-electron chi connectivity index (χ2n) is 7.55. The van der Waals surface area contributed by atoms with Gasteiger partial charge in [-0.3, -0.25) is 4.79 Å². The van der Waals surface area contributed by atoms with Gasteiger partial charge in [0.05, 0.1) is 30.2 Å². The molecule has 0 unspecified atom stereocenters. The monoisotopic (exact) mass is 522 g/mol. The van der Waals surface area contributed by atoms with E-state index in [2.05, 4.69) is 10.1 Å². The number of amides is 1. The van der Waals surface area contributed by atoms with Crippen LogP contribution in [0.3, 0.4) is 0 Å². The lowest BCUT2D eigenvalue weighted by molar-refractivity contribution is 0.0300. The lowest BCUT2D eigenvalue weighted by atomic mass is 10.2. The molecule has 1 aliphatic heterocycles. The molecule has 180 valence electrons. The van der Waals surface area contributed by atoms with E-state index in [9.17, 15) is 13.2 Å². The van der Waals surface area contributed by atoms with E-state index < -0.39 is 10.0 Å². The summed E-state index contributed by atoms with van der Waals surface area (Å²) in [5.41, 5.74) is 1.01. The number of aromatic nitrogens is 2. The molecule has 4 rings (SSSR count). The van der Waals surface area contributed by atoms with E-state index in [0.29, 0.717) is 53.2 Å². The van der Waals surface area contributed by atoms with Crippen LogP contribution in [0.15, 0.2) is 56.8 Å². The van der Waals surface area contributed by atoms with Crippen LogP contribution in [0.25, 0.3) is 11.4 Å². The van der Waals surface area contributed by atoms with Crippen molar-refractivity contribution in [3.05, 3.63) is 58.9 Å². The van der Waals surface area contributed by atoms with Gasteiger partial charge in [0.25, 0.3) is 5.91 Å². The molecule has 0 N–H and O–H groups in total. The Morgan fingerprint density at radius 2 is 1.97 bits per heavy atom. The Labute approximate surface area is 207 Å². The molecule has 9 nitrogen and oxygen atoms in total. The molecule has 1 aromatic heterocycles. The lowest BCUT2D eigenvalue weighted by Gasteiger charge is -2.27. The maximum Gasteiger partial charge on any atom is 0.255 e. The van der Waals surface area contributed by atoms with Crippen LogP contribution in [-0.2, 0) is 21.3 Å². The number of ether oxygens (including phenoxy) is 1. The number of halogens is 1. The summed E-state index contributed by atoms with van der Waals surface area (Å²) in [5.74, 6) is 0.229. The highest BCUT2D eigenvalue weighted by molar-refractivity contribution is 7.98. The van der Waals surface area contributed by atoms with Crippen LogP contribution in [0.4, 0.5) is 0 Å². The minimum atomic E-state index is -3.93. The Morgan fingerprint density at radius 3 is 2.68 bits per heavy atom. The number of hydrogen-bond acceptors (Lipinski definition) is 8. The Morgan fingerprint density at radius 1 is 1.21 bits per heavy atom. The molecular formula is C22H23ClN4O5S2. The van der Waals surface area contributed by atoms with Crippen molar-refractivity contribution in [1.29, 1.82) is 0 Å². The third-order valence-electron chi connectivity index (χ3n) is 5.32. The molecule has 0 saturated carbocycles. The van der Waals surface area contributed by atoms with Gasteiger partial charge in [-0.1, -0.05) is 28.9 Å². The topological polar surface area (TPSA) is 106 Å². The SMILES string of the molecule is CSc1ccc(S(=O)(=O)N(C)Cc2nc(-c3cccc(Cl)c3)no2)cc1C(=O)N1CCOCC1. The van der Waals surface area contributed by atoms with Gasteiger partial charge in [-0.05, 0) is 36.6 Å². The number of morpholine rings is 1. The summed E-state index contributed by atoms with van der Waals surface area (Å²) in [6, 6.07) is 11.5. The van der Waals surface area contributed by atoms with Crippen LogP contribution >= 0.6 is 23.4 Å². The summed E-state index contributed by atoms with van der Waals surface area (Å²) in [4.78, 5) is 19.8. The Balaban J connectivity index is 1.56. The number of thioether (sulfide) groups is 1. The van der Waals surface area contributed by atoms with Crippen molar-refractivity contribution in [2.45, 2.75) is 16.3 Å². The fraction of sp³-hybridized carbons (Fsp3) is 0.318. The van der Waals surface area contributed by atoms with Gasteiger partial charge in [0.15, 0.2) is 0 Å². The minimum Gasteiger partial charge on any atom is -0.378 e. The molecule has 2 aromatic carbocycles. The zero-order valence-corrected chi connectivity index (χ0v) is 21.0. The highest BCUT2D eigenvalue weighted by atomic mass is 35.5. The van der Waals surface area contributed by atoms with Crippen molar-refractivity contribution in [1.82, 2.24) is 19.3 Å². The average molecular weight is 523 g/mol. The molecule has 0 atom stereocenters. The lowest BCUT2D eigenvalue weighted by Crippen LogP contribution is -2.41. The van der Waals surface area contributed by atoms with E-state index in [1.165, 1.54) is 30.9 Å². The van der Waals surface area contributed by atoms with Crippen molar-refractivity contribution < 1.29 is 22.5 Å². The highest BCUT2D eigenvalue weighted by Gasteiger charge is 2.27. The number of carbonyl (C=O) groups is 1. The van der Waals surface area contributed by atoms with Crippen molar-refractivity contribution in [2.75, 3.05) is 39.6 Å². The Bertz CT molecular complexity index is 1290. The van der Waals surface area contributed by atoms with Crippen molar-refractivity contribution in [3.63, 3.8) is 0 Å². The first-order valence-corrected chi connectivity index (χ1v) is 13.4. The molecule has 3 aromatic rings. The number of benzene rings is 2. The van der Waals surface area contributed by atoms with Crippen LogP contribution in [0, 0.1) is 0 Å². The largest absolute Gasteiger partial charge is 0.378 e. The molecule has 0 aliphatic carbocycles. The van der Waals surface area contributed by atoms with Crippen LogP contribution in [0.1, 0.15) is 16.2 Å². The minimum absolute atomic E-state index is 0.0130. The second-order valence-corrected chi connectivity index (χ2v) is 10.9. The van der Waals surface area contributed by atoms with E-state index in [1.54, 1.807) is 35.2 Å². The molecule has 0 bridgehead atoms. The molecule has 1 saturated heterocycles. The van der Waals surface area contributed by atoms with E-state index in [-0.39, 0.29) is 23.2 Å². The number of nitrogens with zero attached hydrogens (tertiary/aromatic N) is 4. The molecule has 0 radical (unpaired) electrons. The van der Waals surface area contributed by atoms with Crippen molar-refractivity contribution >= 4 is 39.3 Å². The summed E-state index contributed by atoms with van der Waals surface area (Å²) < 4.78 is 38.2. The average Bonchev–Trinajstić information content (AvgIpc) is 3.32. The molecule has 1 aliphatic rings. The van der Waals surface area contributed by atoms with E-state index in [0.717, 1.165) is 4.31 Å².